The minimum absolute atomic E-state index is 0.0912. The summed E-state index contributed by atoms with van der Waals surface area (Å²) in [7, 11) is 2.22. The van der Waals surface area contributed by atoms with Crippen molar-refractivity contribution in [1.29, 1.82) is 0 Å². The van der Waals surface area contributed by atoms with E-state index in [-0.39, 0.29) is 6.10 Å². The van der Waals surface area contributed by atoms with E-state index in [1.54, 1.807) is 0 Å². The Morgan fingerprint density at radius 2 is 2.19 bits per heavy atom. The smallest absolute Gasteiger partial charge is 0.0950 e. The van der Waals surface area contributed by atoms with Gasteiger partial charge < -0.3 is 15.0 Å². The fourth-order valence-electron chi connectivity index (χ4n) is 4.35. The molecule has 2 fully saturated rings. The van der Waals surface area contributed by atoms with E-state index < -0.39 is 0 Å². The second-order valence-corrected chi connectivity index (χ2v) is 7.96. The lowest BCUT2D eigenvalue weighted by Crippen LogP contribution is -2.33. The zero-order chi connectivity index (χ0) is 18.1. The molecule has 0 spiro atoms. The molecule has 1 N–H and O–H groups in total. The topological polar surface area (TPSA) is 27.7 Å². The quantitative estimate of drug-likeness (QED) is 0.875. The number of nitrogens with one attached hydrogen (secondary N) is 1. The molecule has 0 aliphatic carbocycles. The molecule has 4 nitrogen and oxygen atoms in total. The summed E-state index contributed by atoms with van der Waals surface area (Å²) in [6.45, 7) is 6.71. The van der Waals surface area contributed by atoms with Gasteiger partial charge in [0.2, 0.25) is 0 Å². The van der Waals surface area contributed by atoms with Crippen molar-refractivity contribution in [1.82, 2.24) is 10.2 Å². The van der Waals surface area contributed by atoms with Crippen LogP contribution in [0.15, 0.2) is 36.1 Å². The lowest BCUT2D eigenvalue weighted by Gasteiger charge is -2.31. The molecule has 0 aromatic heterocycles. The Morgan fingerprint density at radius 1 is 1.31 bits per heavy atom. The maximum absolute atomic E-state index is 6.74. The van der Waals surface area contributed by atoms with E-state index in [2.05, 4.69) is 59.6 Å². The number of hydrogen-bond donors (Lipinski definition) is 1. The first-order chi connectivity index (χ1) is 12.6. The molecule has 26 heavy (non-hydrogen) atoms. The van der Waals surface area contributed by atoms with Crippen LogP contribution in [-0.4, -0.2) is 50.8 Å². The summed E-state index contributed by atoms with van der Waals surface area (Å²) in [6, 6.07) is 4.83. The zero-order valence-corrected chi connectivity index (χ0v) is 16.4. The first-order valence-corrected chi connectivity index (χ1v) is 9.99. The highest BCUT2D eigenvalue weighted by Crippen LogP contribution is 2.36. The molecule has 2 atom stereocenters. The van der Waals surface area contributed by atoms with Crippen molar-refractivity contribution in [2.75, 3.05) is 44.7 Å². The minimum Gasteiger partial charge on any atom is -0.371 e. The highest BCUT2D eigenvalue weighted by atomic mass is 35.5. The number of anilines is 1. The van der Waals surface area contributed by atoms with Gasteiger partial charge in [0.05, 0.1) is 23.4 Å². The van der Waals surface area contributed by atoms with Crippen LogP contribution in [0.1, 0.15) is 30.1 Å². The van der Waals surface area contributed by atoms with Gasteiger partial charge in [-0.3, -0.25) is 4.90 Å². The summed E-state index contributed by atoms with van der Waals surface area (Å²) < 4.78 is 5.89. The summed E-state index contributed by atoms with van der Waals surface area (Å²) in [5, 5.41) is 4.20. The third kappa shape index (κ3) is 3.56. The van der Waals surface area contributed by atoms with Crippen molar-refractivity contribution in [3.8, 4) is 0 Å². The summed E-state index contributed by atoms with van der Waals surface area (Å²) in [5.41, 5.74) is 4.86. The fraction of sp³-hybridized carbons (Fsp3) is 0.524. The zero-order valence-electron chi connectivity index (χ0n) is 15.7. The van der Waals surface area contributed by atoms with E-state index in [0.717, 1.165) is 42.5 Å². The van der Waals surface area contributed by atoms with Gasteiger partial charge in [-0.15, -0.1) is 0 Å². The number of nitrogens with zero attached hydrogens (tertiary/aromatic N) is 2. The van der Waals surface area contributed by atoms with Crippen LogP contribution in [0.25, 0.3) is 0 Å². The van der Waals surface area contributed by atoms with Gasteiger partial charge in [-0.1, -0.05) is 29.8 Å². The Hall–Kier alpha value is -1.33. The van der Waals surface area contributed by atoms with Crippen LogP contribution >= 0.6 is 11.6 Å². The fourth-order valence-corrected chi connectivity index (χ4v) is 4.74. The molecule has 1 aromatic rings. The number of rotatable bonds is 3. The molecular formula is C21H28ClN3O. The number of likely N-dealkylation sites (tertiary alicyclic amines) is 1. The van der Waals surface area contributed by atoms with E-state index in [1.165, 1.54) is 30.5 Å². The van der Waals surface area contributed by atoms with Crippen LogP contribution in [-0.2, 0) is 4.74 Å². The van der Waals surface area contributed by atoms with Gasteiger partial charge in [-0.05, 0) is 56.1 Å². The Labute approximate surface area is 161 Å². The summed E-state index contributed by atoms with van der Waals surface area (Å²) in [4.78, 5) is 4.74. The SMILES string of the molecule is Cc1cc([C@@H]2CNCCO2)cc(Cl)c1N1C=C(C2CCCN2C)C=CC1. The third-order valence-corrected chi connectivity index (χ3v) is 5.97. The van der Waals surface area contributed by atoms with Gasteiger partial charge in [0.1, 0.15) is 0 Å². The summed E-state index contributed by atoms with van der Waals surface area (Å²) in [6.07, 6.45) is 9.42. The average molecular weight is 374 g/mol. The Morgan fingerprint density at radius 3 is 2.88 bits per heavy atom. The van der Waals surface area contributed by atoms with Crippen LogP contribution < -0.4 is 10.2 Å². The molecule has 1 unspecified atom stereocenters. The largest absolute Gasteiger partial charge is 0.371 e. The van der Waals surface area contributed by atoms with Crippen molar-refractivity contribution < 1.29 is 4.74 Å². The van der Waals surface area contributed by atoms with E-state index in [4.69, 9.17) is 16.3 Å². The number of hydrogen-bond acceptors (Lipinski definition) is 4. The lowest BCUT2D eigenvalue weighted by atomic mass is 10.0. The number of halogens is 1. The van der Waals surface area contributed by atoms with Crippen molar-refractivity contribution in [2.45, 2.75) is 31.9 Å². The molecule has 3 aliphatic rings. The standard InChI is InChI=1S/C21H28ClN3O/c1-15-11-17(20-13-23-7-10-26-20)12-18(22)21(15)25-9-3-5-16(14-25)19-6-4-8-24(19)2/h3,5,11-12,14,19-20,23H,4,6-10,13H2,1-2H3/t19?,20-/m0/s1. The molecule has 0 bridgehead atoms. The van der Waals surface area contributed by atoms with Crippen LogP contribution in [0.4, 0.5) is 5.69 Å². The van der Waals surface area contributed by atoms with Gasteiger partial charge in [-0.25, -0.2) is 0 Å². The molecular weight excluding hydrogens is 346 g/mol. The molecule has 3 heterocycles. The van der Waals surface area contributed by atoms with Crippen molar-refractivity contribution in [3.63, 3.8) is 0 Å². The highest BCUT2D eigenvalue weighted by Gasteiger charge is 2.26. The maximum Gasteiger partial charge on any atom is 0.0950 e. The molecule has 2 saturated heterocycles. The molecule has 0 radical (unpaired) electrons. The maximum atomic E-state index is 6.74. The second-order valence-electron chi connectivity index (χ2n) is 7.55. The number of ether oxygens (including phenoxy) is 1. The molecule has 1 aromatic carbocycles. The van der Waals surface area contributed by atoms with Crippen molar-refractivity contribution >= 4 is 17.3 Å². The van der Waals surface area contributed by atoms with Crippen LogP contribution in [0, 0.1) is 6.92 Å². The van der Waals surface area contributed by atoms with Crippen LogP contribution in [0.3, 0.4) is 0 Å². The monoisotopic (exact) mass is 373 g/mol. The normalized spacial score (nSPS) is 27.0. The van der Waals surface area contributed by atoms with E-state index in [9.17, 15) is 0 Å². The average Bonchev–Trinajstić information content (AvgIpc) is 3.08. The first-order valence-electron chi connectivity index (χ1n) is 9.61. The Balaban J connectivity index is 1.60. The molecule has 3 aliphatic heterocycles. The third-order valence-electron chi connectivity index (χ3n) is 5.69. The first kappa shape index (κ1) is 18.1. The van der Waals surface area contributed by atoms with Crippen molar-refractivity contribution in [3.05, 3.63) is 52.2 Å². The van der Waals surface area contributed by atoms with Crippen LogP contribution in [0.2, 0.25) is 5.02 Å². The summed E-state index contributed by atoms with van der Waals surface area (Å²) >= 11 is 6.74. The van der Waals surface area contributed by atoms with E-state index >= 15 is 0 Å². The number of benzene rings is 1. The Kier molecular flexibility index (Phi) is 5.37. The molecule has 140 valence electrons. The van der Waals surface area contributed by atoms with Crippen LogP contribution in [0.5, 0.6) is 0 Å². The number of likely N-dealkylation sites (N-methyl/N-ethyl adjacent to an activating group) is 1. The molecule has 0 saturated carbocycles. The predicted octanol–water partition coefficient (Wildman–Crippen LogP) is 3.66. The lowest BCUT2D eigenvalue weighted by molar-refractivity contribution is 0.0277. The van der Waals surface area contributed by atoms with Gasteiger partial charge >= 0.3 is 0 Å². The van der Waals surface area contributed by atoms with E-state index in [0.29, 0.717) is 6.04 Å². The van der Waals surface area contributed by atoms with Gasteiger partial charge in [0.15, 0.2) is 0 Å². The molecule has 5 heteroatoms. The predicted molar refractivity (Wildman–Crippen MR) is 108 cm³/mol. The molecule has 0 amide bonds. The number of morpholine rings is 1. The van der Waals surface area contributed by atoms with Gasteiger partial charge in [0.25, 0.3) is 0 Å². The summed E-state index contributed by atoms with van der Waals surface area (Å²) in [5.74, 6) is 0. The van der Waals surface area contributed by atoms with Gasteiger partial charge in [-0.2, -0.15) is 0 Å². The number of aryl methyl sites for hydroxylation is 1. The van der Waals surface area contributed by atoms with Gasteiger partial charge in [0, 0.05) is 31.9 Å². The minimum atomic E-state index is 0.0912. The molecule has 4 rings (SSSR count). The highest BCUT2D eigenvalue weighted by molar-refractivity contribution is 6.33. The second kappa shape index (κ2) is 7.73. The van der Waals surface area contributed by atoms with Crippen molar-refractivity contribution in [2.24, 2.45) is 0 Å². The van der Waals surface area contributed by atoms with E-state index in [1.807, 2.05) is 0 Å². The Bertz CT molecular complexity index is 701.